The summed E-state index contributed by atoms with van der Waals surface area (Å²) in [4.78, 5) is 4.42. The Bertz CT molecular complexity index is 442. The summed E-state index contributed by atoms with van der Waals surface area (Å²) < 4.78 is 5.16. The lowest BCUT2D eigenvalue weighted by Crippen LogP contribution is -1.83. The summed E-state index contributed by atoms with van der Waals surface area (Å²) in [6.45, 7) is 2.01. The molecule has 0 saturated heterocycles. The number of hydrogen-bond acceptors (Lipinski definition) is 3. The first-order valence-electron chi connectivity index (χ1n) is 4.36. The molecule has 15 heavy (non-hydrogen) atoms. The average Bonchev–Trinajstić information content (AvgIpc) is 2.65. The lowest BCUT2D eigenvalue weighted by Gasteiger charge is -2.01. The maximum Gasteiger partial charge on any atom is 0.119 e. The Hall–Kier alpha value is -0.870. The number of ether oxygens (including phenoxy) is 1. The first kappa shape index (κ1) is 12.2. The summed E-state index contributed by atoms with van der Waals surface area (Å²) in [7, 11) is 1.67. The highest BCUT2D eigenvalue weighted by atomic mass is 79.9. The number of aromatic nitrogens is 1. The molecule has 0 bridgehead atoms. The largest absolute Gasteiger partial charge is 0.497 e. The molecule has 2 nitrogen and oxygen atoms in total. The highest BCUT2D eigenvalue weighted by molar-refractivity contribution is 8.93. The zero-order chi connectivity index (χ0) is 9.97. The van der Waals surface area contributed by atoms with Crippen molar-refractivity contribution in [3.05, 3.63) is 34.7 Å². The number of methoxy groups -OCH3 is 1. The van der Waals surface area contributed by atoms with Crippen molar-refractivity contribution in [3.8, 4) is 17.0 Å². The van der Waals surface area contributed by atoms with Gasteiger partial charge in [-0.2, -0.15) is 0 Å². The van der Waals surface area contributed by atoms with E-state index in [1.54, 1.807) is 18.4 Å². The van der Waals surface area contributed by atoms with Crippen LogP contribution in [0.15, 0.2) is 29.6 Å². The van der Waals surface area contributed by atoms with Gasteiger partial charge in [0.05, 0.1) is 17.8 Å². The summed E-state index contributed by atoms with van der Waals surface area (Å²) >= 11 is 1.66. The van der Waals surface area contributed by atoms with Gasteiger partial charge in [-0.1, -0.05) is 12.1 Å². The Labute approximate surface area is 104 Å². The summed E-state index contributed by atoms with van der Waals surface area (Å²) in [5.74, 6) is 0.869. The molecular weight excluding hydrogens is 274 g/mol. The molecule has 0 aliphatic carbocycles. The van der Waals surface area contributed by atoms with Gasteiger partial charge >= 0.3 is 0 Å². The van der Waals surface area contributed by atoms with Crippen molar-refractivity contribution in [2.45, 2.75) is 6.92 Å². The van der Waals surface area contributed by atoms with Crippen LogP contribution in [0.3, 0.4) is 0 Å². The van der Waals surface area contributed by atoms with Crippen molar-refractivity contribution in [1.82, 2.24) is 4.98 Å². The van der Waals surface area contributed by atoms with Gasteiger partial charge in [0.1, 0.15) is 5.75 Å². The van der Waals surface area contributed by atoms with Gasteiger partial charge in [0.15, 0.2) is 0 Å². The zero-order valence-electron chi connectivity index (χ0n) is 8.56. The van der Waals surface area contributed by atoms with Crippen LogP contribution in [0.1, 0.15) is 5.01 Å². The molecule has 4 heteroatoms. The molecular formula is C11H12BrNOS. The number of rotatable bonds is 2. The van der Waals surface area contributed by atoms with Crippen LogP contribution in [0.2, 0.25) is 0 Å². The third-order valence-corrected chi connectivity index (χ3v) is 2.76. The minimum atomic E-state index is 0. The van der Waals surface area contributed by atoms with E-state index in [-0.39, 0.29) is 17.0 Å². The molecule has 0 atom stereocenters. The van der Waals surface area contributed by atoms with Gasteiger partial charge in [0.25, 0.3) is 0 Å². The number of aryl methyl sites for hydroxylation is 1. The normalized spacial score (nSPS) is 9.47. The number of benzene rings is 1. The minimum absolute atomic E-state index is 0. The summed E-state index contributed by atoms with van der Waals surface area (Å²) in [6.07, 6.45) is 0. The van der Waals surface area contributed by atoms with Gasteiger partial charge < -0.3 is 4.74 Å². The van der Waals surface area contributed by atoms with E-state index in [9.17, 15) is 0 Å². The summed E-state index contributed by atoms with van der Waals surface area (Å²) in [6, 6.07) is 7.94. The lowest BCUT2D eigenvalue weighted by molar-refractivity contribution is 0.415. The van der Waals surface area contributed by atoms with E-state index >= 15 is 0 Å². The second kappa shape index (κ2) is 5.28. The molecule has 0 aliphatic rings. The van der Waals surface area contributed by atoms with Crippen LogP contribution < -0.4 is 4.74 Å². The fraction of sp³-hybridized carbons (Fsp3) is 0.182. The van der Waals surface area contributed by atoms with Gasteiger partial charge in [-0.05, 0) is 19.1 Å². The molecule has 0 aliphatic heterocycles. The van der Waals surface area contributed by atoms with E-state index in [0.717, 1.165) is 22.0 Å². The first-order valence-corrected chi connectivity index (χ1v) is 5.24. The predicted molar refractivity (Wildman–Crippen MR) is 69.2 cm³/mol. The lowest BCUT2D eigenvalue weighted by atomic mass is 10.2. The van der Waals surface area contributed by atoms with Crippen LogP contribution in [0.4, 0.5) is 0 Å². The van der Waals surface area contributed by atoms with Crippen LogP contribution in [0.25, 0.3) is 11.3 Å². The van der Waals surface area contributed by atoms with Crippen LogP contribution in [-0.2, 0) is 0 Å². The maximum atomic E-state index is 5.16. The van der Waals surface area contributed by atoms with Crippen molar-refractivity contribution in [2.24, 2.45) is 0 Å². The standard InChI is InChI=1S/C11H11NOS.BrH/c1-8-12-11(7-14-8)9-4-3-5-10(6-9)13-2;/h3-7H,1-2H3;1H. The SMILES string of the molecule is Br.COc1cccc(-c2csc(C)n2)c1. The minimum Gasteiger partial charge on any atom is -0.497 e. The van der Waals surface area contributed by atoms with Gasteiger partial charge in [-0.15, -0.1) is 28.3 Å². The molecule has 80 valence electrons. The van der Waals surface area contributed by atoms with E-state index in [2.05, 4.69) is 10.4 Å². The number of halogens is 1. The van der Waals surface area contributed by atoms with Crippen LogP contribution in [0.5, 0.6) is 5.75 Å². The van der Waals surface area contributed by atoms with Crippen molar-refractivity contribution in [2.75, 3.05) is 7.11 Å². The highest BCUT2D eigenvalue weighted by Gasteiger charge is 2.02. The Morgan fingerprint density at radius 1 is 1.33 bits per heavy atom. The molecule has 0 fully saturated rings. The molecule has 0 unspecified atom stereocenters. The monoisotopic (exact) mass is 285 g/mol. The number of thiazole rings is 1. The summed E-state index contributed by atoms with van der Waals surface area (Å²) in [5.41, 5.74) is 2.13. The van der Waals surface area contributed by atoms with Gasteiger partial charge in [-0.25, -0.2) is 4.98 Å². The van der Waals surface area contributed by atoms with E-state index in [0.29, 0.717) is 0 Å². The molecule has 1 heterocycles. The smallest absolute Gasteiger partial charge is 0.119 e. The molecule has 0 spiro atoms. The van der Waals surface area contributed by atoms with Crippen molar-refractivity contribution in [1.29, 1.82) is 0 Å². The van der Waals surface area contributed by atoms with Crippen LogP contribution in [0, 0.1) is 6.92 Å². The third-order valence-electron chi connectivity index (χ3n) is 1.98. The Morgan fingerprint density at radius 3 is 2.73 bits per heavy atom. The Kier molecular flexibility index (Phi) is 4.29. The third kappa shape index (κ3) is 2.79. The second-order valence-corrected chi connectivity index (χ2v) is 4.05. The average molecular weight is 286 g/mol. The molecule has 2 aromatic rings. The van der Waals surface area contributed by atoms with E-state index in [1.807, 2.05) is 31.2 Å². The second-order valence-electron chi connectivity index (χ2n) is 2.98. The Balaban J connectivity index is 0.00000112. The fourth-order valence-electron chi connectivity index (χ4n) is 1.28. The quantitative estimate of drug-likeness (QED) is 0.839. The van der Waals surface area contributed by atoms with Crippen molar-refractivity contribution < 1.29 is 4.74 Å². The molecule has 1 aromatic carbocycles. The maximum absolute atomic E-state index is 5.16. The van der Waals surface area contributed by atoms with Crippen LogP contribution >= 0.6 is 28.3 Å². The number of hydrogen-bond donors (Lipinski definition) is 0. The van der Waals surface area contributed by atoms with Crippen molar-refractivity contribution >= 4 is 28.3 Å². The Morgan fingerprint density at radius 2 is 2.13 bits per heavy atom. The molecule has 0 amide bonds. The first-order chi connectivity index (χ1) is 6.79. The number of nitrogens with zero attached hydrogens (tertiary/aromatic N) is 1. The fourth-order valence-corrected chi connectivity index (χ4v) is 1.90. The molecule has 0 saturated carbocycles. The molecule has 0 N–H and O–H groups in total. The topological polar surface area (TPSA) is 22.1 Å². The van der Waals surface area contributed by atoms with E-state index in [1.165, 1.54) is 0 Å². The molecule has 1 aromatic heterocycles. The summed E-state index contributed by atoms with van der Waals surface area (Å²) in [5, 5.41) is 3.15. The molecule has 2 rings (SSSR count). The zero-order valence-corrected chi connectivity index (χ0v) is 11.1. The van der Waals surface area contributed by atoms with Gasteiger partial charge in [0, 0.05) is 10.9 Å². The van der Waals surface area contributed by atoms with Crippen LogP contribution in [-0.4, -0.2) is 12.1 Å². The van der Waals surface area contributed by atoms with Gasteiger partial charge in [0.2, 0.25) is 0 Å². The predicted octanol–water partition coefficient (Wildman–Crippen LogP) is 3.71. The van der Waals surface area contributed by atoms with Crippen molar-refractivity contribution in [3.63, 3.8) is 0 Å². The van der Waals surface area contributed by atoms with Gasteiger partial charge in [-0.3, -0.25) is 0 Å². The van der Waals surface area contributed by atoms with E-state index in [4.69, 9.17) is 4.74 Å². The van der Waals surface area contributed by atoms with E-state index < -0.39 is 0 Å². The molecule has 0 radical (unpaired) electrons. The highest BCUT2D eigenvalue weighted by Crippen LogP contribution is 2.24.